The molecule has 1 aromatic carbocycles. The van der Waals surface area contributed by atoms with E-state index >= 15 is 0 Å². The molecule has 3 rings (SSSR count). The molecule has 2 heterocycles. The Morgan fingerprint density at radius 3 is 2.55 bits per heavy atom. The molecule has 1 N–H and O–H groups in total. The van der Waals surface area contributed by atoms with Gasteiger partial charge in [-0.2, -0.15) is 0 Å². The summed E-state index contributed by atoms with van der Waals surface area (Å²) in [6.07, 6.45) is 1.68. The second kappa shape index (κ2) is 5.81. The maximum Gasteiger partial charge on any atom is 0.280 e. The normalized spacial score (nSPS) is 11.6. The monoisotopic (exact) mass is 292 g/mol. The van der Waals surface area contributed by atoms with E-state index < -0.39 is 0 Å². The van der Waals surface area contributed by atoms with E-state index in [1.165, 1.54) is 4.68 Å². The fourth-order valence-corrected chi connectivity index (χ4v) is 2.38. The van der Waals surface area contributed by atoms with E-state index in [1.807, 2.05) is 56.3 Å². The Hall–Kier alpha value is -2.95. The van der Waals surface area contributed by atoms with E-state index in [0.717, 1.165) is 11.4 Å². The van der Waals surface area contributed by atoms with E-state index in [9.17, 15) is 4.79 Å². The molecule has 22 heavy (non-hydrogen) atoms. The topological polar surface area (TPSA) is 63.0 Å². The van der Waals surface area contributed by atoms with Crippen molar-refractivity contribution >= 4 is 11.5 Å². The van der Waals surface area contributed by atoms with Crippen molar-refractivity contribution in [3.05, 3.63) is 76.3 Å². The van der Waals surface area contributed by atoms with Crippen LogP contribution in [0, 0.1) is 6.92 Å². The number of pyridine rings is 1. The summed E-state index contributed by atoms with van der Waals surface area (Å²) in [5.74, 6) is 0.589. The second-order valence-electron chi connectivity index (χ2n) is 4.97. The molecule has 0 atom stereocenters. The Bertz CT molecular complexity index is 861. The van der Waals surface area contributed by atoms with E-state index in [-0.39, 0.29) is 5.56 Å². The van der Waals surface area contributed by atoms with Crippen molar-refractivity contribution < 1.29 is 0 Å². The number of aromatic amines is 1. The highest BCUT2D eigenvalue weighted by atomic mass is 16.1. The molecular weight excluding hydrogens is 276 g/mol. The van der Waals surface area contributed by atoms with Crippen LogP contribution < -0.4 is 5.56 Å². The van der Waals surface area contributed by atoms with Crippen LogP contribution in [0.15, 0.2) is 64.5 Å². The van der Waals surface area contributed by atoms with Crippen LogP contribution in [0.1, 0.15) is 18.2 Å². The summed E-state index contributed by atoms with van der Waals surface area (Å²) in [5.41, 5.74) is 2.70. The molecule has 0 saturated carbocycles. The molecule has 3 aromatic rings. The molecule has 0 saturated heterocycles. The standard InChI is InChI=1S/C17H16N4O/c1-12(19-15-10-6-7-11-18-15)16-13(2)20-21(17(16)22)14-8-4-3-5-9-14/h3-11,20H,1-2H3/b19-12+. The Balaban J connectivity index is 2.08. The molecule has 110 valence electrons. The van der Waals surface area contributed by atoms with Crippen LogP contribution in [-0.2, 0) is 0 Å². The van der Waals surface area contributed by atoms with Gasteiger partial charge in [-0.05, 0) is 38.1 Å². The van der Waals surface area contributed by atoms with Crippen molar-refractivity contribution in [2.45, 2.75) is 13.8 Å². The fourth-order valence-electron chi connectivity index (χ4n) is 2.38. The first-order valence-corrected chi connectivity index (χ1v) is 7.00. The van der Waals surface area contributed by atoms with E-state index in [4.69, 9.17) is 0 Å². The molecule has 0 unspecified atom stereocenters. The number of H-pyrrole nitrogens is 1. The van der Waals surface area contributed by atoms with Crippen molar-refractivity contribution in [1.82, 2.24) is 14.8 Å². The predicted molar refractivity (Wildman–Crippen MR) is 87.2 cm³/mol. The zero-order chi connectivity index (χ0) is 15.5. The van der Waals surface area contributed by atoms with E-state index in [2.05, 4.69) is 15.1 Å². The van der Waals surface area contributed by atoms with Gasteiger partial charge in [-0.1, -0.05) is 24.3 Å². The molecule has 0 fully saturated rings. The average Bonchev–Trinajstić information content (AvgIpc) is 2.84. The number of aromatic nitrogens is 3. The number of rotatable bonds is 3. The minimum atomic E-state index is -0.110. The Morgan fingerprint density at radius 2 is 1.86 bits per heavy atom. The van der Waals surface area contributed by atoms with Crippen LogP contribution in [0.5, 0.6) is 0 Å². The first-order chi connectivity index (χ1) is 10.7. The first-order valence-electron chi connectivity index (χ1n) is 7.00. The molecule has 0 amide bonds. The van der Waals surface area contributed by atoms with Crippen LogP contribution in [0.4, 0.5) is 5.82 Å². The number of aliphatic imine (C=N–C) groups is 1. The van der Waals surface area contributed by atoms with Gasteiger partial charge in [0.25, 0.3) is 5.56 Å². The molecule has 0 aliphatic carbocycles. The number of para-hydroxylation sites is 1. The molecular formula is C17H16N4O. The summed E-state index contributed by atoms with van der Waals surface area (Å²) in [7, 11) is 0. The molecule has 0 bridgehead atoms. The van der Waals surface area contributed by atoms with E-state index in [1.54, 1.807) is 12.3 Å². The predicted octanol–water partition coefficient (Wildman–Crippen LogP) is 3.01. The lowest BCUT2D eigenvalue weighted by Crippen LogP contribution is -2.19. The smallest absolute Gasteiger partial charge is 0.280 e. The Morgan fingerprint density at radius 1 is 1.14 bits per heavy atom. The van der Waals surface area contributed by atoms with Gasteiger partial charge in [-0.15, -0.1) is 0 Å². The third-order valence-corrected chi connectivity index (χ3v) is 3.38. The highest BCUT2D eigenvalue weighted by Gasteiger charge is 2.14. The average molecular weight is 292 g/mol. The molecule has 0 radical (unpaired) electrons. The summed E-state index contributed by atoms with van der Waals surface area (Å²) in [6.45, 7) is 3.69. The summed E-state index contributed by atoms with van der Waals surface area (Å²) >= 11 is 0. The number of benzene rings is 1. The van der Waals surface area contributed by atoms with Gasteiger partial charge in [0.05, 0.1) is 17.0 Å². The minimum absolute atomic E-state index is 0.110. The highest BCUT2D eigenvalue weighted by Crippen LogP contribution is 2.11. The Kier molecular flexibility index (Phi) is 3.70. The van der Waals surface area contributed by atoms with Crippen molar-refractivity contribution in [1.29, 1.82) is 0 Å². The molecule has 0 spiro atoms. The largest absolute Gasteiger partial charge is 0.295 e. The zero-order valence-electron chi connectivity index (χ0n) is 12.4. The number of nitrogens with one attached hydrogen (secondary N) is 1. The maximum atomic E-state index is 12.7. The SMILES string of the molecule is C/C(=N\c1ccccn1)c1c(C)[nH]n(-c2ccccc2)c1=O. The van der Waals surface area contributed by atoms with Crippen molar-refractivity contribution in [3.63, 3.8) is 0 Å². The third kappa shape index (κ3) is 2.61. The molecule has 5 nitrogen and oxygen atoms in total. The molecule has 0 aliphatic heterocycles. The quantitative estimate of drug-likeness (QED) is 0.754. The van der Waals surface area contributed by atoms with Gasteiger partial charge in [0, 0.05) is 11.9 Å². The molecule has 5 heteroatoms. The summed E-state index contributed by atoms with van der Waals surface area (Å²) in [6, 6.07) is 15.0. The fraction of sp³-hybridized carbons (Fsp3) is 0.118. The van der Waals surface area contributed by atoms with E-state index in [0.29, 0.717) is 17.1 Å². The van der Waals surface area contributed by atoms with Gasteiger partial charge >= 0.3 is 0 Å². The van der Waals surface area contributed by atoms with Crippen LogP contribution in [-0.4, -0.2) is 20.5 Å². The number of hydrogen-bond acceptors (Lipinski definition) is 3. The van der Waals surface area contributed by atoms with Gasteiger partial charge in [0.1, 0.15) is 0 Å². The number of nitrogens with zero attached hydrogens (tertiary/aromatic N) is 3. The highest BCUT2D eigenvalue weighted by molar-refractivity contribution is 6.00. The molecule has 0 aliphatic rings. The van der Waals surface area contributed by atoms with Gasteiger partial charge in [-0.3, -0.25) is 9.89 Å². The second-order valence-corrected chi connectivity index (χ2v) is 4.97. The van der Waals surface area contributed by atoms with Crippen LogP contribution in [0.3, 0.4) is 0 Å². The van der Waals surface area contributed by atoms with Crippen molar-refractivity contribution in [2.75, 3.05) is 0 Å². The van der Waals surface area contributed by atoms with Crippen LogP contribution in [0.2, 0.25) is 0 Å². The molecule has 2 aromatic heterocycles. The van der Waals surface area contributed by atoms with Crippen LogP contribution in [0.25, 0.3) is 5.69 Å². The lowest BCUT2D eigenvalue weighted by Gasteiger charge is -1.99. The first kappa shape index (κ1) is 14.0. The maximum absolute atomic E-state index is 12.7. The van der Waals surface area contributed by atoms with Crippen molar-refractivity contribution in [2.24, 2.45) is 4.99 Å². The zero-order valence-corrected chi connectivity index (χ0v) is 12.4. The summed E-state index contributed by atoms with van der Waals surface area (Å²) < 4.78 is 1.53. The van der Waals surface area contributed by atoms with Gasteiger partial charge in [0.15, 0.2) is 5.82 Å². The summed E-state index contributed by atoms with van der Waals surface area (Å²) in [4.78, 5) is 21.2. The lowest BCUT2D eigenvalue weighted by molar-refractivity contribution is 0.835. The number of hydrogen-bond donors (Lipinski definition) is 1. The van der Waals surface area contributed by atoms with Gasteiger partial charge in [0.2, 0.25) is 0 Å². The lowest BCUT2D eigenvalue weighted by atomic mass is 10.2. The Labute approximate surface area is 128 Å². The van der Waals surface area contributed by atoms with Crippen LogP contribution >= 0.6 is 0 Å². The number of aryl methyl sites for hydroxylation is 1. The third-order valence-electron chi connectivity index (χ3n) is 3.38. The van der Waals surface area contributed by atoms with Gasteiger partial charge in [-0.25, -0.2) is 14.7 Å². The summed E-state index contributed by atoms with van der Waals surface area (Å²) in [5, 5.41) is 3.10. The minimum Gasteiger partial charge on any atom is -0.295 e. The van der Waals surface area contributed by atoms with Crippen molar-refractivity contribution in [3.8, 4) is 5.69 Å². The van der Waals surface area contributed by atoms with Gasteiger partial charge < -0.3 is 0 Å².